The van der Waals surface area contributed by atoms with E-state index in [4.69, 9.17) is 10.2 Å². The molecule has 2 rings (SSSR count). The van der Waals surface area contributed by atoms with Gasteiger partial charge in [-0.05, 0) is 24.1 Å². The number of nitrogens with zero attached hydrogens (tertiary/aromatic N) is 1. The summed E-state index contributed by atoms with van der Waals surface area (Å²) in [5.74, 6) is -0.511. The largest absolute Gasteiger partial charge is 0.419 e. The number of aromatic nitrogens is 1. The van der Waals surface area contributed by atoms with Crippen LogP contribution in [0.1, 0.15) is 31.4 Å². The van der Waals surface area contributed by atoms with Gasteiger partial charge in [0.2, 0.25) is 0 Å². The van der Waals surface area contributed by atoms with Gasteiger partial charge in [-0.15, -0.1) is 0 Å². The van der Waals surface area contributed by atoms with Gasteiger partial charge in [0.25, 0.3) is 0 Å². The Morgan fingerprint density at radius 2 is 2.10 bits per heavy atom. The highest BCUT2D eigenvalue weighted by Crippen LogP contribution is 2.29. The molecule has 1 heterocycles. The Kier molecular flexibility index (Phi) is 3.89. The number of rotatable bonds is 4. The van der Waals surface area contributed by atoms with E-state index in [1.807, 2.05) is 6.92 Å². The van der Waals surface area contributed by atoms with Gasteiger partial charge in [-0.3, -0.25) is 4.57 Å². The minimum absolute atomic E-state index is 0.263. The lowest BCUT2D eigenvalue weighted by atomic mass is 10.0. The summed E-state index contributed by atoms with van der Waals surface area (Å²) < 4.78 is 43.4. The molecule has 2 N–H and O–H groups in total. The third-order valence-corrected chi connectivity index (χ3v) is 3.02. The maximum absolute atomic E-state index is 12.3. The van der Waals surface area contributed by atoms with E-state index in [9.17, 15) is 18.0 Å². The summed E-state index contributed by atoms with van der Waals surface area (Å²) in [5, 5.41) is 0. The second-order valence-corrected chi connectivity index (χ2v) is 4.67. The summed E-state index contributed by atoms with van der Waals surface area (Å²) in [6.07, 6.45) is -4.69. The zero-order valence-electron chi connectivity index (χ0n) is 10.9. The van der Waals surface area contributed by atoms with Gasteiger partial charge in [-0.25, -0.2) is 4.79 Å². The van der Waals surface area contributed by atoms with Crippen molar-refractivity contribution in [1.82, 2.24) is 4.57 Å². The minimum Gasteiger partial charge on any atom is -0.408 e. The molecule has 20 heavy (non-hydrogen) atoms. The first-order valence-electron chi connectivity index (χ1n) is 6.27. The van der Waals surface area contributed by atoms with Crippen LogP contribution in [0.15, 0.2) is 27.4 Å². The third-order valence-electron chi connectivity index (χ3n) is 3.02. The molecule has 0 fully saturated rings. The molecule has 0 aliphatic carbocycles. The number of alkyl halides is 3. The molecule has 1 atom stereocenters. The van der Waals surface area contributed by atoms with Crippen molar-refractivity contribution >= 4 is 11.1 Å². The first-order valence-corrected chi connectivity index (χ1v) is 6.27. The maximum Gasteiger partial charge on any atom is 0.419 e. The maximum atomic E-state index is 12.3. The molecule has 0 aliphatic heterocycles. The molecule has 0 spiro atoms. The van der Waals surface area contributed by atoms with Crippen LogP contribution in [0.5, 0.6) is 0 Å². The zero-order chi connectivity index (χ0) is 14.9. The van der Waals surface area contributed by atoms with Crippen molar-refractivity contribution in [2.45, 2.75) is 38.5 Å². The minimum atomic E-state index is -4.33. The van der Waals surface area contributed by atoms with Gasteiger partial charge in [0.1, 0.15) is 0 Å². The van der Waals surface area contributed by atoms with Crippen LogP contribution in [0, 0.1) is 0 Å². The lowest BCUT2D eigenvalue weighted by molar-refractivity contribution is -0.138. The van der Waals surface area contributed by atoms with Gasteiger partial charge in [-0.2, -0.15) is 13.2 Å². The van der Waals surface area contributed by atoms with Crippen molar-refractivity contribution in [3.8, 4) is 0 Å². The van der Waals surface area contributed by atoms with E-state index in [2.05, 4.69) is 0 Å². The van der Waals surface area contributed by atoms with Crippen LogP contribution >= 0.6 is 0 Å². The van der Waals surface area contributed by atoms with Gasteiger partial charge in [0.05, 0.1) is 11.9 Å². The van der Waals surface area contributed by atoms with E-state index < -0.39 is 24.4 Å². The Balaban J connectivity index is 2.37. The SMILES string of the molecule is CCCn1c(=O)oc2cc(C(N)CC(F)(F)F)ccc21. The molecule has 110 valence electrons. The van der Waals surface area contributed by atoms with E-state index in [1.54, 1.807) is 6.07 Å². The Morgan fingerprint density at radius 1 is 1.40 bits per heavy atom. The molecular weight excluding hydrogens is 273 g/mol. The summed E-state index contributed by atoms with van der Waals surface area (Å²) in [7, 11) is 0. The summed E-state index contributed by atoms with van der Waals surface area (Å²) in [5.41, 5.74) is 6.66. The monoisotopic (exact) mass is 288 g/mol. The molecule has 4 nitrogen and oxygen atoms in total. The van der Waals surface area contributed by atoms with Crippen LogP contribution in [-0.2, 0) is 6.54 Å². The summed E-state index contributed by atoms with van der Waals surface area (Å²) in [4.78, 5) is 11.6. The van der Waals surface area contributed by atoms with Gasteiger partial charge in [-0.1, -0.05) is 13.0 Å². The Bertz CT molecular complexity index is 658. The summed E-state index contributed by atoms with van der Waals surface area (Å²) in [6, 6.07) is 3.31. The average molecular weight is 288 g/mol. The smallest absolute Gasteiger partial charge is 0.408 e. The Hall–Kier alpha value is -1.76. The molecule has 1 aromatic heterocycles. The second kappa shape index (κ2) is 5.32. The van der Waals surface area contributed by atoms with Crippen molar-refractivity contribution in [2.75, 3.05) is 0 Å². The number of fused-ring (bicyclic) bond motifs is 1. The summed E-state index contributed by atoms with van der Waals surface area (Å²) in [6.45, 7) is 2.42. The molecule has 0 radical (unpaired) electrons. The van der Waals surface area contributed by atoms with E-state index >= 15 is 0 Å². The lowest BCUT2D eigenvalue weighted by Gasteiger charge is -2.14. The molecule has 1 aromatic carbocycles. The van der Waals surface area contributed by atoms with Crippen molar-refractivity contribution < 1.29 is 17.6 Å². The van der Waals surface area contributed by atoms with Crippen LogP contribution in [-0.4, -0.2) is 10.7 Å². The van der Waals surface area contributed by atoms with E-state index in [0.29, 0.717) is 17.6 Å². The highest BCUT2D eigenvalue weighted by atomic mass is 19.4. The number of nitrogens with two attached hydrogens (primary N) is 1. The normalized spacial score (nSPS) is 13.8. The number of aryl methyl sites for hydroxylation is 1. The van der Waals surface area contributed by atoms with Crippen LogP contribution in [0.3, 0.4) is 0 Å². The van der Waals surface area contributed by atoms with Crippen LogP contribution in [0.25, 0.3) is 11.1 Å². The Morgan fingerprint density at radius 3 is 2.70 bits per heavy atom. The van der Waals surface area contributed by atoms with Gasteiger partial charge in [0.15, 0.2) is 5.58 Å². The molecule has 1 unspecified atom stereocenters. The predicted octanol–water partition coefficient (Wildman–Crippen LogP) is 2.96. The Labute approximate surface area is 113 Å². The molecule has 7 heteroatoms. The van der Waals surface area contributed by atoms with Gasteiger partial charge >= 0.3 is 11.9 Å². The molecular formula is C13H15F3N2O2. The zero-order valence-corrected chi connectivity index (χ0v) is 10.9. The van der Waals surface area contributed by atoms with Crippen molar-refractivity contribution in [2.24, 2.45) is 5.73 Å². The van der Waals surface area contributed by atoms with Crippen molar-refractivity contribution in [3.05, 3.63) is 34.3 Å². The number of benzene rings is 1. The molecule has 0 amide bonds. The molecule has 0 bridgehead atoms. The second-order valence-electron chi connectivity index (χ2n) is 4.67. The van der Waals surface area contributed by atoms with E-state index in [1.165, 1.54) is 16.7 Å². The van der Waals surface area contributed by atoms with Crippen molar-refractivity contribution in [3.63, 3.8) is 0 Å². The fourth-order valence-electron chi connectivity index (χ4n) is 2.12. The molecule has 0 aliphatic rings. The summed E-state index contributed by atoms with van der Waals surface area (Å²) >= 11 is 0. The van der Waals surface area contributed by atoms with Gasteiger partial charge in [0, 0.05) is 12.6 Å². The molecule has 2 aromatic rings. The first kappa shape index (κ1) is 14.6. The molecule has 0 saturated carbocycles. The van der Waals surface area contributed by atoms with Gasteiger partial charge < -0.3 is 10.2 Å². The number of hydrogen-bond acceptors (Lipinski definition) is 3. The van der Waals surface area contributed by atoms with Crippen LogP contribution in [0.2, 0.25) is 0 Å². The standard InChI is InChI=1S/C13H15F3N2O2/c1-2-5-18-10-4-3-8(6-11(10)20-12(18)19)9(17)7-13(14,15)16/h3-4,6,9H,2,5,7,17H2,1H3. The van der Waals surface area contributed by atoms with E-state index in [0.717, 1.165) is 6.42 Å². The highest BCUT2D eigenvalue weighted by Gasteiger charge is 2.31. The number of hydrogen-bond donors (Lipinski definition) is 1. The van der Waals surface area contributed by atoms with Crippen molar-refractivity contribution in [1.29, 1.82) is 0 Å². The fourth-order valence-corrected chi connectivity index (χ4v) is 2.12. The highest BCUT2D eigenvalue weighted by molar-refractivity contribution is 5.73. The predicted molar refractivity (Wildman–Crippen MR) is 68.4 cm³/mol. The number of oxazole rings is 1. The van der Waals surface area contributed by atoms with E-state index in [-0.39, 0.29) is 5.58 Å². The van der Waals surface area contributed by atoms with Crippen LogP contribution < -0.4 is 11.5 Å². The topological polar surface area (TPSA) is 61.2 Å². The average Bonchev–Trinajstić information content (AvgIpc) is 2.63. The molecule has 0 saturated heterocycles. The first-order chi connectivity index (χ1) is 9.31. The lowest BCUT2D eigenvalue weighted by Crippen LogP contribution is -2.20. The van der Waals surface area contributed by atoms with Crippen LogP contribution in [0.4, 0.5) is 13.2 Å². The quantitative estimate of drug-likeness (QED) is 0.940. The third kappa shape index (κ3) is 3.04. The number of halogens is 3. The fraction of sp³-hybridized carbons (Fsp3) is 0.462.